The number of carbonyl (C=O) groups excluding carboxylic acids is 1. The summed E-state index contributed by atoms with van der Waals surface area (Å²) < 4.78 is 24.3. The summed E-state index contributed by atoms with van der Waals surface area (Å²) in [5.41, 5.74) is 8.20. The van der Waals surface area contributed by atoms with Crippen LogP contribution in [0.1, 0.15) is 30.4 Å². The predicted octanol–water partition coefficient (Wildman–Crippen LogP) is 4.12. The molecule has 0 heterocycles. The maximum absolute atomic E-state index is 12.9. The molecule has 2 aromatic rings. The molecule has 2 bridgehead atoms. The molecule has 2 aliphatic rings. The van der Waals surface area contributed by atoms with Gasteiger partial charge in [0.05, 0.1) is 5.41 Å². The second-order valence-corrected chi connectivity index (χ2v) is 7.71. The van der Waals surface area contributed by atoms with Crippen molar-refractivity contribution in [1.29, 1.82) is 0 Å². The van der Waals surface area contributed by atoms with Gasteiger partial charge in [-0.3, -0.25) is 4.79 Å². The number of primary amides is 1. The number of ether oxygens (including phenoxy) is 2. The van der Waals surface area contributed by atoms with Crippen LogP contribution in [-0.4, -0.2) is 19.1 Å². The third-order valence-electron chi connectivity index (χ3n) is 6.01. The van der Waals surface area contributed by atoms with Gasteiger partial charge in [-0.25, -0.2) is 4.39 Å². The lowest BCUT2D eigenvalue weighted by molar-refractivity contribution is -0.124. The molecule has 0 spiro atoms. The number of halogens is 1. The largest absolute Gasteiger partial charge is 0.490 e. The zero-order chi connectivity index (χ0) is 19.7. The molecular weight excluding hydrogens is 357 g/mol. The Bertz CT molecular complexity index is 909. The predicted molar refractivity (Wildman–Crippen MR) is 106 cm³/mol. The molecule has 2 unspecified atom stereocenters. The van der Waals surface area contributed by atoms with E-state index in [2.05, 4.69) is 6.58 Å². The molecule has 2 aliphatic carbocycles. The van der Waals surface area contributed by atoms with Crippen molar-refractivity contribution in [2.45, 2.75) is 25.7 Å². The Hall–Kier alpha value is -2.82. The van der Waals surface area contributed by atoms with E-state index in [1.807, 2.05) is 18.2 Å². The van der Waals surface area contributed by atoms with Crippen LogP contribution in [0, 0.1) is 17.2 Å². The molecular formula is C23H24FNO3. The smallest absolute Gasteiger partial charge is 0.228 e. The fourth-order valence-corrected chi connectivity index (χ4v) is 4.51. The second kappa shape index (κ2) is 7.30. The molecule has 2 atom stereocenters. The molecule has 0 aromatic heterocycles. The van der Waals surface area contributed by atoms with Crippen LogP contribution in [0.5, 0.6) is 11.5 Å². The highest BCUT2D eigenvalue weighted by Crippen LogP contribution is 2.54. The molecule has 4 nitrogen and oxygen atoms in total. The fraction of sp³-hybridized carbons (Fsp3) is 0.348. The third-order valence-corrected chi connectivity index (χ3v) is 6.01. The van der Waals surface area contributed by atoms with E-state index in [1.165, 1.54) is 12.1 Å². The zero-order valence-electron chi connectivity index (χ0n) is 15.7. The minimum absolute atomic E-state index is 0.258. The van der Waals surface area contributed by atoms with Crippen molar-refractivity contribution in [2.24, 2.45) is 17.1 Å². The van der Waals surface area contributed by atoms with Crippen molar-refractivity contribution in [1.82, 2.24) is 0 Å². The van der Waals surface area contributed by atoms with Gasteiger partial charge in [-0.1, -0.05) is 12.6 Å². The van der Waals surface area contributed by atoms with Gasteiger partial charge >= 0.3 is 0 Å². The quantitative estimate of drug-likeness (QED) is 0.766. The Morgan fingerprint density at radius 2 is 1.82 bits per heavy atom. The minimum Gasteiger partial charge on any atom is -0.490 e. The molecule has 1 amide bonds. The summed E-state index contributed by atoms with van der Waals surface area (Å²) in [5, 5.41) is 0. The summed E-state index contributed by atoms with van der Waals surface area (Å²) >= 11 is 0. The molecule has 2 aromatic carbocycles. The first-order valence-corrected chi connectivity index (χ1v) is 9.62. The fourth-order valence-electron chi connectivity index (χ4n) is 4.51. The topological polar surface area (TPSA) is 61.6 Å². The first-order chi connectivity index (χ1) is 13.5. The third kappa shape index (κ3) is 3.37. The lowest BCUT2D eigenvalue weighted by Gasteiger charge is -2.28. The van der Waals surface area contributed by atoms with Crippen molar-refractivity contribution in [3.05, 3.63) is 66.0 Å². The van der Waals surface area contributed by atoms with Gasteiger partial charge in [0.1, 0.15) is 30.5 Å². The number of hydrogen-bond acceptors (Lipinski definition) is 3. The van der Waals surface area contributed by atoms with Gasteiger partial charge in [0.15, 0.2) is 0 Å². The number of hydrogen-bond donors (Lipinski definition) is 1. The highest BCUT2D eigenvalue weighted by Gasteiger charge is 2.48. The number of amides is 1. The van der Waals surface area contributed by atoms with E-state index in [0.717, 1.165) is 48.1 Å². The van der Waals surface area contributed by atoms with Crippen molar-refractivity contribution < 1.29 is 18.7 Å². The number of rotatable bonds is 6. The normalized spacial score (nSPS) is 23.0. The van der Waals surface area contributed by atoms with Gasteiger partial charge in [0, 0.05) is 0 Å². The monoisotopic (exact) mass is 381 g/mol. The van der Waals surface area contributed by atoms with Crippen LogP contribution in [0.15, 0.2) is 49.0 Å². The van der Waals surface area contributed by atoms with Crippen molar-refractivity contribution in [3.8, 4) is 11.5 Å². The van der Waals surface area contributed by atoms with E-state index in [4.69, 9.17) is 15.2 Å². The summed E-state index contributed by atoms with van der Waals surface area (Å²) in [5.74, 6) is 1.27. The SMILES string of the molecule is C=C1c2ccc(OCCOc3ccc(F)cc3)cc2CC2CCC1(C(N)=O)C2. The minimum atomic E-state index is -0.596. The Kier molecular flexibility index (Phi) is 4.84. The van der Waals surface area contributed by atoms with E-state index in [1.54, 1.807) is 12.1 Å². The van der Waals surface area contributed by atoms with E-state index >= 15 is 0 Å². The summed E-state index contributed by atoms with van der Waals surface area (Å²) in [7, 11) is 0. The average molecular weight is 381 g/mol. The number of benzene rings is 2. The van der Waals surface area contributed by atoms with Gasteiger partial charge in [0.2, 0.25) is 5.91 Å². The number of carbonyl (C=O) groups is 1. The number of fused-ring (bicyclic) bond motifs is 3. The van der Waals surface area contributed by atoms with Crippen LogP contribution in [0.25, 0.3) is 5.57 Å². The van der Waals surface area contributed by atoms with Crippen molar-refractivity contribution in [3.63, 3.8) is 0 Å². The lowest BCUT2D eigenvalue weighted by Crippen LogP contribution is -2.35. The van der Waals surface area contributed by atoms with Gasteiger partial charge in [0.25, 0.3) is 0 Å². The molecule has 2 N–H and O–H groups in total. The van der Waals surface area contributed by atoms with Gasteiger partial charge < -0.3 is 15.2 Å². The zero-order valence-corrected chi connectivity index (χ0v) is 15.7. The van der Waals surface area contributed by atoms with Crippen LogP contribution in [0.3, 0.4) is 0 Å². The highest BCUT2D eigenvalue weighted by atomic mass is 19.1. The molecule has 0 saturated heterocycles. The second-order valence-electron chi connectivity index (χ2n) is 7.71. The molecule has 5 heteroatoms. The van der Waals surface area contributed by atoms with Crippen LogP contribution in [0.2, 0.25) is 0 Å². The summed E-state index contributed by atoms with van der Waals surface area (Å²) in [6, 6.07) is 11.8. The number of nitrogens with two attached hydrogens (primary N) is 1. The summed E-state index contributed by atoms with van der Waals surface area (Å²) in [6.45, 7) is 4.99. The molecule has 1 saturated carbocycles. The Morgan fingerprint density at radius 1 is 1.14 bits per heavy atom. The van der Waals surface area contributed by atoms with Crippen molar-refractivity contribution in [2.75, 3.05) is 13.2 Å². The van der Waals surface area contributed by atoms with E-state index in [9.17, 15) is 9.18 Å². The average Bonchev–Trinajstić information content (AvgIpc) is 3.06. The Morgan fingerprint density at radius 3 is 2.54 bits per heavy atom. The molecule has 1 fully saturated rings. The van der Waals surface area contributed by atoms with Gasteiger partial charge in [-0.05, 0) is 84.7 Å². The molecule has 4 rings (SSSR count). The maximum atomic E-state index is 12.9. The van der Waals surface area contributed by atoms with Crippen LogP contribution in [0.4, 0.5) is 4.39 Å². The standard InChI is InChI=1S/C23H24FNO3/c1-15-21-7-6-20(28-11-10-27-19-4-2-18(24)3-5-19)13-17(21)12-16-8-9-23(15,14-16)22(25)26/h2-7,13,16H,1,8-12,14H2,(H2,25,26). The van der Waals surface area contributed by atoms with Crippen LogP contribution >= 0.6 is 0 Å². The van der Waals surface area contributed by atoms with Gasteiger partial charge in [-0.15, -0.1) is 0 Å². The van der Waals surface area contributed by atoms with E-state index in [-0.39, 0.29) is 11.7 Å². The lowest BCUT2D eigenvalue weighted by atomic mass is 9.75. The van der Waals surface area contributed by atoms with Crippen LogP contribution < -0.4 is 15.2 Å². The van der Waals surface area contributed by atoms with E-state index < -0.39 is 5.41 Å². The molecule has 0 aliphatic heterocycles. The molecule has 0 radical (unpaired) electrons. The summed E-state index contributed by atoms with van der Waals surface area (Å²) in [4.78, 5) is 12.2. The highest BCUT2D eigenvalue weighted by molar-refractivity contribution is 5.96. The van der Waals surface area contributed by atoms with E-state index in [0.29, 0.717) is 24.9 Å². The Labute approximate surface area is 164 Å². The van der Waals surface area contributed by atoms with Crippen LogP contribution in [-0.2, 0) is 11.2 Å². The maximum Gasteiger partial charge on any atom is 0.228 e. The molecule has 146 valence electrons. The first kappa shape index (κ1) is 18.5. The first-order valence-electron chi connectivity index (χ1n) is 9.62. The van der Waals surface area contributed by atoms with Gasteiger partial charge in [-0.2, -0.15) is 0 Å². The molecule has 28 heavy (non-hydrogen) atoms. The summed E-state index contributed by atoms with van der Waals surface area (Å²) in [6.07, 6.45) is 3.49. The van der Waals surface area contributed by atoms with Crippen molar-refractivity contribution >= 4 is 11.5 Å². The Balaban J connectivity index is 1.42.